The number of Topliss-reactive ketones (excluding diaryl/α,β-unsaturated/α-hetero) is 1. The van der Waals surface area contributed by atoms with Crippen LogP contribution in [0, 0.1) is 0 Å². The molecule has 27 heavy (non-hydrogen) atoms. The number of nitrogens with one attached hydrogen (secondary N) is 2. The van der Waals surface area contributed by atoms with E-state index >= 15 is 0 Å². The molecule has 144 valence electrons. The van der Waals surface area contributed by atoms with Gasteiger partial charge in [-0.05, 0) is 44.1 Å². The second-order valence-corrected chi connectivity index (χ2v) is 6.64. The summed E-state index contributed by atoms with van der Waals surface area (Å²) in [5.41, 5.74) is 0.599. The number of H-pyrrole nitrogens is 1. The van der Waals surface area contributed by atoms with Gasteiger partial charge in [-0.3, -0.25) is 19.3 Å². The molecule has 7 heteroatoms. The lowest BCUT2D eigenvalue weighted by Gasteiger charge is -2.28. The molecule has 1 atom stereocenters. The summed E-state index contributed by atoms with van der Waals surface area (Å²) in [6, 6.07) is 4.99. The molecule has 2 aromatic heterocycles. The highest BCUT2D eigenvalue weighted by Crippen LogP contribution is 2.21. The fourth-order valence-electron chi connectivity index (χ4n) is 3.58. The number of hydrogen-bond acceptors (Lipinski definition) is 5. The van der Waals surface area contributed by atoms with Gasteiger partial charge in [-0.15, -0.1) is 0 Å². The van der Waals surface area contributed by atoms with E-state index in [1.807, 2.05) is 26.0 Å². The number of aromatic amines is 1. The average Bonchev–Trinajstić information content (AvgIpc) is 3.19. The van der Waals surface area contributed by atoms with Gasteiger partial charge in [-0.1, -0.05) is 13.8 Å². The van der Waals surface area contributed by atoms with Crippen LogP contribution >= 0.6 is 0 Å². The van der Waals surface area contributed by atoms with Crippen LogP contribution in [0.15, 0.2) is 33.7 Å². The lowest BCUT2D eigenvalue weighted by atomic mass is 9.93. The number of hydrogen-bond donors (Lipinski definition) is 2. The lowest BCUT2D eigenvalue weighted by molar-refractivity contribution is 0.0928. The molecule has 2 aromatic rings. The maximum absolute atomic E-state index is 12.6. The number of furan rings is 1. The highest BCUT2D eigenvalue weighted by atomic mass is 16.3. The standard InChI is InChI=1S/C20H25N3O4/c1-3-23(4-2)16(18-9-6-10-27-18)12-21-19(25)14-11-13-15(22-20(14)26)7-5-8-17(13)24/h6,9-11,16H,3-5,7-8,12H2,1-2H3,(H,21,25)(H,22,26). The number of carbonyl (C=O) groups is 2. The fraction of sp³-hybridized carbons (Fsp3) is 0.450. The maximum atomic E-state index is 12.6. The van der Waals surface area contributed by atoms with E-state index in [0.717, 1.165) is 25.3 Å². The maximum Gasteiger partial charge on any atom is 0.261 e. The van der Waals surface area contributed by atoms with Crippen molar-refractivity contribution in [2.75, 3.05) is 19.6 Å². The molecule has 0 aliphatic heterocycles. The molecule has 0 spiro atoms. The van der Waals surface area contributed by atoms with Gasteiger partial charge in [-0.25, -0.2) is 0 Å². The van der Waals surface area contributed by atoms with Crippen molar-refractivity contribution in [3.05, 3.63) is 57.4 Å². The molecule has 0 aromatic carbocycles. The van der Waals surface area contributed by atoms with E-state index in [-0.39, 0.29) is 17.4 Å². The van der Waals surface area contributed by atoms with Crippen molar-refractivity contribution in [3.63, 3.8) is 0 Å². The normalized spacial score (nSPS) is 14.9. The van der Waals surface area contributed by atoms with Gasteiger partial charge < -0.3 is 14.7 Å². The molecular weight excluding hydrogens is 346 g/mol. The van der Waals surface area contributed by atoms with E-state index in [9.17, 15) is 14.4 Å². The summed E-state index contributed by atoms with van der Waals surface area (Å²) in [6.07, 6.45) is 3.43. The number of fused-ring (bicyclic) bond motifs is 1. The van der Waals surface area contributed by atoms with Gasteiger partial charge in [0.15, 0.2) is 5.78 Å². The number of ketones is 1. The van der Waals surface area contributed by atoms with Crippen LogP contribution in [-0.2, 0) is 6.42 Å². The smallest absolute Gasteiger partial charge is 0.261 e. The second kappa shape index (κ2) is 8.35. The first-order valence-corrected chi connectivity index (χ1v) is 9.40. The van der Waals surface area contributed by atoms with Gasteiger partial charge in [0.1, 0.15) is 11.3 Å². The zero-order chi connectivity index (χ0) is 19.4. The van der Waals surface area contributed by atoms with Crippen molar-refractivity contribution in [3.8, 4) is 0 Å². The van der Waals surface area contributed by atoms with Crippen molar-refractivity contribution >= 4 is 11.7 Å². The Labute approximate surface area is 157 Å². The van der Waals surface area contributed by atoms with Gasteiger partial charge in [0, 0.05) is 24.2 Å². The second-order valence-electron chi connectivity index (χ2n) is 6.64. The molecule has 0 fully saturated rings. The molecule has 0 saturated heterocycles. The zero-order valence-corrected chi connectivity index (χ0v) is 15.7. The summed E-state index contributed by atoms with van der Waals surface area (Å²) >= 11 is 0. The molecule has 2 heterocycles. The van der Waals surface area contributed by atoms with Crippen LogP contribution in [-0.4, -0.2) is 41.2 Å². The Hall–Kier alpha value is -2.67. The highest BCUT2D eigenvalue weighted by molar-refractivity contribution is 6.01. The predicted molar refractivity (Wildman–Crippen MR) is 101 cm³/mol. The van der Waals surface area contributed by atoms with E-state index in [1.54, 1.807) is 6.26 Å². The summed E-state index contributed by atoms with van der Waals surface area (Å²) in [4.78, 5) is 41.9. The summed E-state index contributed by atoms with van der Waals surface area (Å²) in [5, 5.41) is 2.83. The third kappa shape index (κ3) is 4.03. The Kier molecular flexibility index (Phi) is 5.91. The van der Waals surface area contributed by atoms with Gasteiger partial charge in [0.25, 0.3) is 11.5 Å². The summed E-state index contributed by atoms with van der Waals surface area (Å²) in [6.45, 7) is 5.98. The molecule has 0 saturated carbocycles. The Morgan fingerprint density at radius 1 is 1.30 bits per heavy atom. The number of carbonyl (C=O) groups excluding carboxylic acids is 2. The Bertz CT molecular complexity index is 866. The molecule has 1 amide bonds. The number of pyridine rings is 1. The van der Waals surface area contributed by atoms with E-state index in [4.69, 9.17) is 4.42 Å². The third-order valence-electron chi connectivity index (χ3n) is 5.08. The fourth-order valence-corrected chi connectivity index (χ4v) is 3.58. The molecule has 7 nitrogen and oxygen atoms in total. The molecular formula is C20H25N3O4. The van der Waals surface area contributed by atoms with Crippen LogP contribution in [0.4, 0.5) is 0 Å². The van der Waals surface area contributed by atoms with Crippen molar-refractivity contribution < 1.29 is 14.0 Å². The minimum absolute atomic E-state index is 0.0262. The minimum Gasteiger partial charge on any atom is -0.468 e. The monoisotopic (exact) mass is 371 g/mol. The van der Waals surface area contributed by atoms with Gasteiger partial charge >= 0.3 is 0 Å². The largest absolute Gasteiger partial charge is 0.468 e. The molecule has 1 unspecified atom stereocenters. The number of aryl methyl sites for hydroxylation is 1. The molecule has 1 aliphatic carbocycles. The number of amides is 1. The average molecular weight is 371 g/mol. The minimum atomic E-state index is -0.485. The predicted octanol–water partition coefficient (Wildman–Crippen LogP) is 2.30. The number of likely N-dealkylation sites (N-methyl/N-ethyl adjacent to an activating group) is 1. The first-order valence-electron chi connectivity index (χ1n) is 9.40. The Morgan fingerprint density at radius 2 is 2.07 bits per heavy atom. The molecule has 0 radical (unpaired) electrons. The van der Waals surface area contributed by atoms with Gasteiger partial charge in [0.05, 0.1) is 12.3 Å². The van der Waals surface area contributed by atoms with Crippen LogP contribution < -0.4 is 10.9 Å². The van der Waals surface area contributed by atoms with E-state index in [0.29, 0.717) is 30.6 Å². The van der Waals surface area contributed by atoms with E-state index in [1.165, 1.54) is 6.07 Å². The Balaban J connectivity index is 1.79. The first kappa shape index (κ1) is 19.1. The van der Waals surface area contributed by atoms with Crippen LogP contribution in [0.1, 0.15) is 64.9 Å². The number of rotatable bonds is 7. The van der Waals surface area contributed by atoms with Crippen molar-refractivity contribution in [2.45, 2.75) is 39.2 Å². The third-order valence-corrected chi connectivity index (χ3v) is 5.08. The molecule has 0 bridgehead atoms. The summed E-state index contributed by atoms with van der Waals surface area (Å²) < 4.78 is 5.52. The lowest BCUT2D eigenvalue weighted by Crippen LogP contribution is -2.39. The van der Waals surface area contributed by atoms with E-state index in [2.05, 4.69) is 15.2 Å². The van der Waals surface area contributed by atoms with Gasteiger partial charge in [0.2, 0.25) is 0 Å². The van der Waals surface area contributed by atoms with Crippen LogP contribution in [0.3, 0.4) is 0 Å². The van der Waals surface area contributed by atoms with Gasteiger partial charge in [-0.2, -0.15) is 0 Å². The van der Waals surface area contributed by atoms with Crippen molar-refractivity contribution in [1.29, 1.82) is 0 Å². The van der Waals surface area contributed by atoms with Crippen LogP contribution in [0.25, 0.3) is 0 Å². The van der Waals surface area contributed by atoms with E-state index < -0.39 is 11.5 Å². The summed E-state index contributed by atoms with van der Waals surface area (Å²) in [5.74, 6) is 0.243. The summed E-state index contributed by atoms with van der Waals surface area (Å²) in [7, 11) is 0. The van der Waals surface area contributed by atoms with Crippen molar-refractivity contribution in [1.82, 2.24) is 15.2 Å². The molecule has 1 aliphatic rings. The SMILES string of the molecule is CCN(CC)C(CNC(=O)c1cc2c([nH]c1=O)CCCC2=O)c1ccco1. The zero-order valence-electron chi connectivity index (χ0n) is 15.7. The topological polar surface area (TPSA) is 95.4 Å². The molecule has 3 rings (SSSR count). The molecule has 2 N–H and O–H groups in total. The number of aromatic nitrogens is 1. The van der Waals surface area contributed by atoms with Crippen LogP contribution in [0.2, 0.25) is 0 Å². The van der Waals surface area contributed by atoms with Crippen molar-refractivity contribution in [2.24, 2.45) is 0 Å². The number of nitrogens with zero attached hydrogens (tertiary/aromatic N) is 1. The first-order chi connectivity index (χ1) is 13.0. The quantitative estimate of drug-likeness (QED) is 0.779. The Morgan fingerprint density at radius 3 is 2.74 bits per heavy atom. The van der Waals surface area contributed by atoms with Crippen LogP contribution in [0.5, 0.6) is 0 Å². The highest BCUT2D eigenvalue weighted by Gasteiger charge is 2.24.